The van der Waals surface area contributed by atoms with Crippen LogP contribution < -0.4 is 19.4 Å². The molecule has 2 atom stereocenters. The van der Waals surface area contributed by atoms with Crippen molar-refractivity contribution in [3.63, 3.8) is 0 Å². The minimum Gasteiger partial charge on any atom is -0.496 e. The quantitative estimate of drug-likeness (QED) is 0.360. The van der Waals surface area contributed by atoms with Gasteiger partial charge in [-0.2, -0.15) is 4.99 Å². The Hall–Kier alpha value is -3.36. The number of aliphatic hydroxyl groups excluding tert-OH is 1. The lowest BCUT2D eigenvalue weighted by atomic mass is 10.0. The number of hydrogen-bond donors (Lipinski definition) is 2. The van der Waals surface area contributed by atoms with Gasteiger partial charge in [-0.05, 0) is 68.3 Å². The topological polar surface area (TPSA) is 74.2 Å². The van der Waals surface area contributed by atoms with Crippen LogP contribution in [-0.2, 0) is 6.61 Å². The lowest BCUT2D eigenvalue weighted by Gasteiger charge is -2.39. The Morgan fingerprint density at radius 2 is 1.84 bits per heavy atom. The zero-order valence-corrected chi connectivity index (χ0v) is 22.9. The second-order valence-electron chi connectivity index (χ2n) is 10.0. The summed E-state index contributed by atoms with van der Waals surface area (Å²) in [5, 5.41) is 14.1. The number of rotatable bonds is 5. The van der Waals surface area contributed by atoms with E-state index in [1.165, 1.54) is 0 Å². The van der Waals surface area contributed by atoms with Crippen LogP contribution in [0.1, 0.15) is 42.1 Å². The van der Waals surface area contributed by atoms with Crippen molar-refractivity contribution in [2.75, 3.05) is 12.0 Å². The van der Waals surface area contributed by atoms with Crippen molar-refractivity contribution in [1.29, 1.82) is 0 Å². The predicted molar refractivity (Wildman–Crippen MR) is 151 cm³/mol. The summed E-state index contributed by atoms with van der Waals surface area (Å²) < 4.78 is 6.03. The van der Waals surface area contributed by atoms with Crippen LogP contribution in [0.3, 0.4) is 0 Å². The van der Waals surface area contributed by atoms with Gasteiger partial charge < -0.3 is 9.84 Å². The van der Waals surface area contributed by atoms with Crippen molar-refractivity contribution in [2.24, 2.45) is 4.99 Å². The van der Waals surface area contributed by atoms with Crippen LogP contribution in [0, 0.1) is 6.92 Å². The molecule has 0 saturated heterocycles. The van der Waals surface area contributed by atoms with E-state index in [0.717, 1.165) is 39.3 Å². The summed E-state index contributed by atoms with van der Waals surface area (Å²) >= 11 is 13.0. The number of ether oxygens (including phenoxy) is 1. The molecule has 0 bridgehead atoms. The van der Waals surface area contributed by atoms with Crippen molar-refractivity contribution in [3.05, 3.63) is 98.4 Å². The third kappa shape index (κ3) is 3.29. The zero-order valence-electron chi connectivity index (χ0n) is 21.4. The van der Waals surface area contributed by atoms with Gasteiger partial charge in [0.15, 0.2) is 11.4 Å². The second kappa shape index (κ2) is 8.85. The average molecular weight is 550 g/mol. The molecule has 2 amide bonds. The number of nitrogens with one attached hydrogen (secondary N) is 1. The van der Waals surface area contributed by atoms with E-state index in [-0.39, 0.29) is 23.2 Å². The summed E-state index contributed by atoms with van der Waals surface area (Å²) in [7, 11) is 1.61. The highest BCUT2D eigenvalue weighted by Gasteiger charge is 2.64. The van der Waals surface area contributed by atoms with Gasteiger partial charge >= 0.3 is 6.03 Å². The number of hydrogen-bond acceptors (Lipinski definition) is 4. The van der Waals surface area contributed by atoms with E-state index in [9.17, 15) is 9.90 Å². The molecule has 3 aromatic carbocycles. The van der Waals surface area contributed by atoms with Crippen LogP contribution in [0.2, 0.25) is 10.0 Å². The highest BCUT2D eigenvalue weighted by molar-refractivity contribution is 6.31. The van der Waals surface area contributed by atoms with E-state index in [1.54, 1.807) is 12.0 Å². The molecule has 0 radical (unpaired) electrons. The number of halogens is 2. The van der Waals surface area contributed by atoms with Gasteiger partial charge in [-0.1, -0.05) is 35.3 Å². The Morgan fingerprint density at radius 3 is 2.55 bits per heavy atom. The Bertz CT molecular complexity index is 1580. The number of nitrogens with zero attached hydrogens (tertiary/aromatic N) is 3. The molecule has 3 heterocycles. The summed E-state index contributed by atoms with van der Waals surface area (Å²) in [6, 6.07) is 16.2. The maximum absolute atomic E-state index is 13.8. The molecule has 0 aliphatic carbocycles. The number of aliphatic hydroxyl groups is 1. The Balaban J connectivity index is 1.68. The Morgan fingerprint density at radius 1 is 1.11 bits per heavy atom. The predicted octanol–water partition coefficient (Wildman–Crippen LogP) is 6.43. The van der Waals surface area contributed by atoms with Crippen molar-refractivity contribution in [3.8, 4) is 5.75 Å². The molecule has 3 aromatic rings. The molecule has 2 N–H and O–H groups in total. The van der Waals surface area contributed by atoms with Crippen LogP contribution in [0.15, 0.2) is 71.1 Å². The molecule has 3 aliphatic rings. The highest BCUT2D eigenvalue weighted by atomic mass is 35.5. The monoisotopic (exact) mass is 549 g/mol. The molecule has 0 spiro atoms. The van der Waals surface area contributed by atoms with Gasteiger partial charge in [-0.15, -0.1) is 0 Å². The van der Waals surface area contributed by atoms with E-state index in [0.29, 0.717) is 27.5 Å². The van der Waals surface area contributed by atoms with E-state index in [1.807, 2.05) is 61.5 Å². The number of carbonyl (C=O) groups excluding carboxylic acids is 1. The van der Waals surface area contributed by atoms with Crippen LogP contribution in [0.25, 0.3) is 0 Å². The standard InChI is InChI=1S/C29H26Cl2N4O3/c1-15(2)35-23-13-19(31)8-9-20(23)25-26(35)27(32-28(35)21-11-17(14-36)6-10-24(21)38-4)33-29(37)34(25)22-12-18(30)7-5-16(22)3/h5-13,15,25,36H,14H2,1-4H3/p+1. The molecular formula is C29H27Cl2N4O3+. The van der Waals surface area contributed by atoms with Gasteiger partial charge in [0, 0.05) is 21.7 Å². The number of fused-ring (bicyclic) bond motifs is 3. The fraction of sp³-hybridized carbons (Fsp3) is 0.241. The van der Waals surface area contributed by atoms with Crippen molar-refractivity contribution in [1.82, 2.24) is 9.80 Å². The van der Waals surface area contributed by atoms with E-state index in [4.69, 9.17) is 32.9 Å². The number of quaternary nitrogens is 1. The van der Waals surface area contributed by atoms with Gasteiger partial charge in [0.2, 0.25) is 5.82 Å². The molecular weight excluding hydrogens is 523 g/mol. The van der Waals surface area contributed by atoms with E-state index in [2.05, 4.69) is 19.2 Å². The number of benzene rings is 3. The fourth-order valence-electron chi connectivity index (χ4n) is 6.09. The molecule has 0 aromatic heterocycles. The number of anilines is 1. The molecule has 38 heavy (non-hydrogen) atoms. The molecule has 0 saturated carbocycles. The lowest BCUT2D eigenvalue weighted by molar-refractivity contribution is 0.244. The summed E-state index contributed by atoms with van der Waals surface area (Å²) in [5.41, 5.74) is 5.97. The summed E-state index contributed by atoms with van der Waals surface area (Å²) in [4.78, 5) is 20.6. The first-order chi connectivity index (χ1) is 18.2. The van der Waals surface area contributed by atoms with Crippen LogP contribution in [0.5, 0.6) is 5.75 Å². The molecule has 0 fully saturated rings. The SMILES string of the molecule is COc1ccc(CO)cc1C1=NC2=C3C(c4ccc(Cl)cc4[N+]13C(C)C)N(c1cc(Cl)ccc1C)C(=O)N2. The number of urea groups is 1. The van der Waals surface area contributed by atoms with E-state index >= 15 is 0 Å². The number of carbonyl (C=O) groups is 1. The van der Waals surface area contributed by atoms with Gasteiger partial charge in [-0.3, -0.25) is 10.2 Å². The van der Waals surface area contributed by atoms with Gasteiger partial charge in [0.05, 0.1) is 31.0 Å². The zero-order chi connectivity index (χ0) is 26.9. The van der Waals surface area contributed by atoms with Crippen molar-refractivity contribution < 1.29 is 14.6 Å². The van der Waals surface area contributed by atoms with Crippen molar-refractivity contribution in [2.45, 2.75) is 39.5 Å². The van der Waals surface area contributed by atoms with Crippen LogP contribution in [-0.4, -0.2) is 30.1 Å². The summed E-state index contributed by atoms with van der Waals surface area (Å²) in [6.45, 7) is 6.11. The largest absolute Gasteiger partial charge is 0.496 e. The fourth-order valence-corrected chi connectivity index (χ4v) is 6.42. The van der Waals surface area contributed by atoms with Crippen LogP contribution in [0.4, 0.5) is 16.2 Å². The number of amides is 2. The lowest BCUT2D eigenvalue weighted by Crippen LogP contribution is -2.58. The Labute approximate surface area is 231 Å². The molecule has 9 heteroatoms. The van der Waals surface area contributed by atoms with Gasteiger partial charge in [-0.25, -0.2) is 9.28 Å². The third-order valence-electron chi connectivity index (χ3n) is 7.70. The second-order valence-corrected chi connectivity index (χ2v) is 10.9. The van der Waals surface area contributed by atoms with Crippen molar-refractivity contribution >= 4 is 46.4 Å². The number of aryl methyl sites for hydroxylation is 1. The normalized spacial score (nSPS) is 21.5. The van der Waals surface area contributed by atoms with Gasteiger partial charge in [0.1, 0.15) is 11.8 Å². The molecule has 2 unspecified atom stereocenters. The van der Waals surface area contributed by atoms with E-state index < -0.39 is 6.04 Å². The molecule has 3 aliphatic heterocycles. The summed E-state index contributed by atoms with van der Waals surface area (Å²) in [5.74, 6) is 1.84. The molecule has 7 nitrogen and oxygen atoms in total. The Kier molecular flexibility index (Phi) is 5.81. The first-order valence-corrected chi connectivity index (χ1v) is 13.1. The number of amidine groups is 1. The maximum atomic E-state index is 13.8. The first kappa shape index (κ1) is 24.9. The number of aliphatic imine (C=N–C) groups is 1. The highest BCUT2D eigenvalue weighted by Crippen LogP contribution is 2.59. The third-order valence-corrected chi connectivity index (χ3v) is 8.17. The molecule has 6 rings (SSSR count). The summed E-state index contributed by atoms with van der Waals surface area (Å²) in [6.07, 6.45) is 0. The smallest absolute Gasteiger partial charge is 0.328 e. The minimum atomic E-state index is -0.432. The minimum absolute atomic E-state index is 0.0248. The maximum Gasteiger partial charge on any atom is 0.328 e. The molecule has 194 valence electrons. The number of methoxy groups -OCH3 is 1. The first-order valence-electron chi connectivity index (χ1n) is 12.4. The average Bonchev–Trinajstić information content (AvgIpc) is 3.39. The van der Waals surface area contributed by atoms with Gasteiger partial charge in [0.25, 0.3) is 5.84 Å². The van der Waals surface area contributed by atoms with Crippen LogP contribution >= 0.6 is 23.2 Å².